The Bertz CT molecular complexity index is 923. The Morgan fingerprint density at radius 2 is 1.79 bits per heavy atom. The molecule has 3 rings (SSSR count). The maximum Gasteiger partial charge on any atom is 0.286 e. The van der Waals surface area contributed by atoms with Gasteiger partial charge in [-0.2, -0.15) is 0 Å². The number of carbonyl (C=O) groups excluding carboxylic acids is 2. The molecule has 8 heteroatoms. The van der Waals surface area contributed by atoms with Crippen LogP contribution in [-0.4, -0.2) is 39.8 Å². The first-order valence-electron chi connectivity index (χ1n) is 12.3. The lowest BCUT2D eigenvalue weighted by molar-refractivity contribution is -0.138. The highest BCUT2D eigenvalue weighted by Crippen LogP contribution is 2.37. The van der Waals surface area contributed by atoms with Crippen LogP contribution in [-0.2, 0) is 16.1 Å². The van der Waals surface area contributed by atoms with E-state index in [4.69, 9.17) is 9.15 Å². The number of aromatic nitrogens is 2. The molecule has 1 amide bonds. The summed E-state index contributed by atoms with van der Waals surface area (Å²) >= 11 is 1.41. The van der Waals surface area contributed by atoms with Gasteiger partial charge < -0.3 is 14.5 Å². The molecule has 186 valence electrons. The molecule has 1 saturated carbocycles. The molecule has 1 aromatic heterocycles. The van der Waals surface area contributed by atoms with Crippen molar-refractivity contribution in [3.63, 3.8) is 0 Å². The van der Waals surface area contributed by atoms with Gasteiger partial charge in [-0.05, 0) is 30.7 Å². The highest BCUT2D eigenvalue weighted by molar-refractivity contribution is 7.99. The molecule has 1 aliphatic rings. The van der Waals surface area contributed by atoms with E-state index in [-0.39, 0.29) is 28.7 Å². The third-order valence-corrected chi connectivity index (χ3v) is 6.90. The first-order chi connectivity index (χ1) is 16.3. The largest absolute Gasteiger partial charge is 0.408 e. The standard InChI is InChI=1S/C26H37N3O4S/c1-18(2)15-21(22(30)23-28-29-25(33-23)34-19(3)4)27-24(31)26(13-9-6-10-14-26)17-32-16-20-11-7-5-8-12-20/h5,7-8,11-12,18-19,21H,6,9-10,13-17H2,1-4H3,(H,27,31)/t21-/m0/s1. The second kappa shape index (κ2) is 12.5. The number of nitrogens with one attached hydrogen (secondary N) is 1. The van der Waals surface area contributed by atoms with Crippen LogP contribution in [0.2, 0.25) is 0 Å². The maximum atomic E-state index is 13.6. The van der Waals surface area contributed by atoms with Crippen molar-refractivity contribution in [2.24, 2.45) is 11.3 Å². The van der Waals surface area contributed by atoms with E-state index in [0.29, 0.717) is 24.9 Å². The van der Waals surface area contributed by atoms with Crippen molar-refractivity contribution in [3.8, 4) is 0 Å². The van der Waals surface area contributed by atoms with E-state index in [1.807, 2.05) is 58.0 Å². The minimum absolute atomic E-state index is 0.0490. The van der Waals surface area contributed by atoms with Crippen LogP contribution >= 0.6 is 11.8 Å². The molecule has 1 atom stereocenters. The van der Waals surface area contributed by atoms with Gasteiger partial charge in [-0.1, -0.05) is 89.1 Å². The minimum Gasteiger partial charge on any atom is -0.408 e. The third kappa shape index (κ3) is 7.40. The zero-order valence-electron chi connectivity index (χ0n) is 20.7. The number of hydrogen-bond acceptors (Lipinski definition) is 7. The Kier molecular flexibility index (Phi) is 9.71. The summed E-state index contributed by atoms with van der Waals surface area (Å²) in [5.74, 6) is -0.290. The van der Waals surface area contributed by atoms with Gasteiger partial charge in [0.2, 0.25) is 11.7 Å². The van der Waals surface area contributed by atoms with Crippen molar-refractivity contribution in [1.29, 1.82) is 0 Å². The van der Waals surface area contributed by atoms with Crippen LogP contribution in [0.3, 0.4) is 0 Å². The molecule has 0 bridgehead atoms. The van der Waals surface area contributed by atoms with Crippen LogP contribution < -0.4 is 5.32 Å². The van der Waals surface area contributed by atoms with Gasteiger partial charge >= 0.3 is 0 Å². The van der Waals surface area contributed by atoms with Crippen LogP contribution in [0, 0.1) is 11.3 Å². The second-order valence-electron chi connectivity index (χ2n) is 9.88. The molecule has 0 aliphatic heterocycles. The Morgan fingerprint density at radius 3 is 2.44 bits per heavy atom. The van der Waals surface area contributed by atoms with E-state index in [0.717, 1.165) is 37.7 Å². The number of hydrogen-bond donors (Lipinski definition) is 1. The summed E-state index contributed by atoms with van der Waals surface area (Å²) in [6.45, 7) is 8.89. The Balaban J connectivity index is 1.71. The highest BCUT2D eigenvalue weighted by Gasteiger charge is 2.42. The Hall–Kier alpha value is -2.19. The molecular weight excluding hydrogens is 450 g/mol. The topological polar surface area (TPSA) is 94.3 Å². The van der Waals surface area contributed by atoms with Crippen LogP contribution in [0.25, 0.3) is 0 Å². The fraction of sp³-hybridized carbons (Fsp3) is 0.615. The summed E-state index contributed by atoms with van der Waals surface area (Å²) in [7, 11) is 0. The molecule has 1 aliphatic carbocycles. The van der Waals surface area contributed by atoms with Crippen LogP contribution in [0.1, 0.15) is 82.5 Å². The van der Waals surface area contributed by atoms with Gasteiger partial charge in [0.1, 0.15) is 0 Å². The molecule has 0 spiro atoms. The highest BCUT2D eigenvalue weighted by atomic mass is 32.2. The third-order valence-electron chi connectivity index (χ3n) is 6.06. The average Bonchev–Trinajstić information content (AvgIpc) is 3.27. The van der Waals surface area contributed by atoms with Crippen molar-refractivity contribution in [3.05, 3.63) is 41.8 Å². The quantitative estimate of drug-likeness (QED) is 0.314. The SMILES string of the molecule is CC(C)C[C@H](NC(=O)C1(COCc2ccccc2)CCCCC1)C(=O)c1nnc(SC(C)C)o1. The van der Waals surface area contributed by atoms with E-state index in [1.54, 1.807) is 0 Å². The normalized spacial score (nSPS) is 16.5. The Labute approximate surface area is 206 Å². The predicted octanol–water partition coefficient (Wildman–Crippen LogP) is 5.45. The number of nitrogens with zero attached hydrogens (tertiary/aromatic N) is 2. The van der Waals surface area contributed by atoms with Gasteiger partial charge in [0, 0.05) is 5.25 Å². The molecule has 1 heterocycles. The van der Waals surface area contributed by atoms with Gasteiger partial charge in [-0.3, -0.25) is 9.59 Å². The number of rotatable bonds is 12. The van der Waals surface area contributed by atoms with Crippen molar-refractivity contribution < 1.29 is 18.7 Å². The van der Waals surface area contributed by atoms with Crippen molar-refractivity contribution in [1.82, 2.24) is 15.5 Å². The maximum absolute atomic E-state index is 13.6. The molecule has 1 N–H and O–H groups in total. The van der Waals surface area contributed by atoms with Crippen molar-refractivity contribution >= 4 is 23.5 Å². The van der Waals surface area contributed by atoms with E-state index in [1.165, 1.54) is 11.8 Å². The molecule has 34 heavy (non-hydrogen) atoms. The summed E-state index contributed by atoms with van der Waals surface area (Å²) < 4.78 is 11.6. The summed E-state index contributed by atoms with van der Waals surface area (Å²) in [6, 6.07) is 9.25. The van der Waals surface area contributed by atoms with Gasteiger partial charge in [-0.15, -0.1) is 10.2 Å². The molecule has 1 fully saturated rings. The average molecular weight is 488 g/mol. The van der Waals surface area contributed by atoms with Crippen molar-refractivity contribution in [2.75, 3.05) is 6.61 Å². The number of ether oxygens (including phenoxy) is 1. The van der Waals surface area contributed by atoms with E-state index in [9.17, 15) is 9.59 Å². The predicted molar refractivity (Wildman–Crippen MR) is 133 cm³/mol. The number of benzene rings is 1. The molecule has 2 aromatic rings. The second-order valence-corrected chi connectivity index (χ2v) is 11.4. The zero-order valence-corrected chi connectivity index (χ0v) is 21.5. The number of ketones is 1. The number of carbonyl (C=O) groups is 2. The van der Waals surface area contributed by atoms with Crippen LogP contribution in [0.4, 0.5) is 0 Å². The summed E-state index contributed by atoms with van der Waals surface area (Å²) in [4.78, 5) is 26.9. The van der Waals surface area contributed by atoms with Crippen molar-refractivity contribution in [2.45, 2.75) is 89.3 Å². The van der Waals surface area contributed by atoms with Gasteiger partial charge in [0.15, 0.2) is 0 Å². The smallest absolute Gasteiger partial charge is 0.286 e. The molecule has 7 nitrogen and oxygen atoms in total. The minimum atomic E-state index is -0.710. The summed E-state index contributed by atoms with van der Waals surface area (Å²) in [6.07, 6.45) is 5.08. The lowest BCUT2D eigenvalue weighted by Crippen LogP contribution is -2.51. The molecular formula is C26H37N3O4S. The van der Waals surface area contributed by atoms with E-state index >= 15 is 0 Å². The fourth-order valence-electron chi connectivity index (χ4n) is 4.33. The lowest BCUT2D eigenvalue weighted by atomic mass is 9.73. The number of thioether (sulfide) groups is 1. The monoisotopic (exact) mass is 487 g/mol. The molecule has 1 aromatic carbocycles. The van der Waals surface area contributed by atoms with Gasteiger partial charge in [0.25, 0.3) is 11.1 Å². The summed E-state index contributed by atoms with van der Waals surface area (Å²) in [5.41, 5.74) is 0.448. The fourth-order valence-corrected chi connectivity index (χ4v) is 4.94. The number of Topliss-reactive ketones (excluding diaryl/α,β-unsaturated/α-hetero) is 1. The lowest BCUT2D eigenvalue weighted by Gasteiger charge is -2.36. The van der Waals surface area contributed by atoms with E-state index in [2.05, 4.69) is 15.5 Å². The first-order valence-corrected chi connectivity index (χ1v) is 13.1. The van der Waals surface area contributed by atoms with Crippen LogP contribution in [0.15, 0.2) is 40.0 Å². The number of amides is 1. The van der Waals surface area contributed by atoms with Gasteiger partial charge in [-0.25, -0.2) is 0 Å². The van der Waals surface area contributed by atoms with Crippen LogP contribution in [0.5, 0.6) is 0 Å². The first kappa shape index (κ1) is 26.4. The molecule has 0 saturated heterocycles. The van der Waals surface area contributed by atoms with Gasteiger partial charge in [0.05, 0.1) is 24.7 Å². The summed E-state index contributed by atoms with van der Waals surface area (Å²) in [5, 5.41) is 11.6. The van der Waals surface area contributed by atoms with E-state index < -0.39 is 11.5 Å². The Morgan fingerprint density at radius 1 is 1.09 bits per heavy atom. The zero-order chi connectivity index (χ0) is 24.6. The molecule has 0 unspecified atom stereocenters. The molecule has 0 radical (unpaired) electrons.